The molecule has 0 spiro atoms. The van der Waals surface area contributed by atoms with Crippen molar-refractivity contribution >= 4 is 21.9 Å². The molecule has 0 atom stereocenters. The van der Waals surface area contributed by atoms with Crippen LogP contribution in [0.25, 0.3) is 0 Å². The van der Waals surface area contributed by atoms with Crippen LogP contribution in [0.5, 0.6) is 5.88 Å². The smallest absolute Gasteiger partial charge is 0.341 e. The number of hydrogen-bond donors (Lipinski definition) is 1. The Labute approximate surface area is 114 Å². The van der Waals surface area contributed by atoms with Gasteiger partial charge in [0.1, 0.15) is 12.2 Å². The van der Waals surface area contributed by atoms with Gasteiger partial charge in [0, 0.05) is 17.3 Å². The van der Waals surface area contributed by atoms with E-state index >= 15 is 0 Å². The molecule has 18 heavy (non-hydrogen) atoms. The van der Waals surface area contributed by atoms with E-state index in [2.05, 4.69) is 34.8 Å². The lowest BCUT2D eigenvalue weighted by Gasteiger charge is -2.09. The molecule has 0 bridgehead atoms. The molecule has 100 valence electrons. The molecule has 0 aliphatic rings. The summed E-state index contributed by atoms with van der Waals surface area (Å²) in [6.07, 6.45) is 1.50. The highest BCUT2D eigenvalue weighted by molar-refractivity contribution is 9.10. The second-order valence-corrected chi connectivity index (χ2v) is 5.04. The normalized spacial score (nSPS) is 10.7. The number of nitrogens with zero attached hydrogens (tertiary/aromatic N) is 1. The Balaban J connectivity index is 2.49. The minimum Gasteiger partial charge on any atom is -0.477 e. The molecule has 1 N–H and O–H groups in total. The predicted molar refractivity (Wildman–Crippen MR) is 70.0 cm³/mol. The molecule has 1 rings (SSSR count). The summed E-state index contributed by atoms with van der Waals surface area (Å²) in [5.74, 6) is -0.494. The lowest BCUT2D eigenvalue weighted by atomic mass is 10.2. The highest BCUT2D eigenvalue weighted by Gasteiger charge is 2.13. The van der Waals surface area contributed by atoms with Gasteiger partial charge in [0.25, 0.3) is 0 Å². The predicted octanol–water partition coefficient (Wildman–Crippen LogP) is 2.59. The highest BCUT2D eigenvalue weighted by atomic mass is 79.9. The Kier molecular flexibility index (Phi) is 6.07. The van der Waals surface area contributed by atoms with Crippen molar-refractivity contribution in [2.24, 2.45) is 5.92 Å². The summed E-state index contributed by atoms with van der Waals surface area (Å²) in [7, 11) is 0. The molecule has 0 saturated carbocycles. The zero-order valence-corrected chi connectivity index (χ0v) is 11.9. The Hall–Kier alpha value is -1.14. The maximum Gasteiger partial charge on any atom is 0.341 e. The number of hydrogen-bond acceptors (Lipinski definition) is 4. The molecule has 5 nitrogen and oxygen atoms in total. The lowest BCUT2D eigenvalue weighted by Crippen LogP contribution is -2.12. The first-order valence-electron chi connectivity index (χ1n) is 5.60. The fourth-order valence-corrected chi connectivity index (χ4v) is 1.54. The number of aromatic carboxylic acids is 1. The Bertz CT molecular complexity index is 409. The van der Waals surface area contributed by atoms with Crippen LogP contribution in [0.4, 0.5) is 0 Å². The molecule has 0 amide bonds. The Morgan fingerprint density at radius 3 is 2.83 bits per heavy atom. The molecule has 0 aromatic carbocycles. The molecule has 0 fully saturated rings. The maximum atomic E-state index is 11.0. The number of carboxylic acid groups (broad SMARTS) is 1. The zero-order chi connectivity index (χ0) is 13.5. The van der Waals surface area contributed by atoms with Crippen LogP contribution in [0.1, 0.15) is 24.2 Å². The topological polar surface area (TPSA) is 68.7 Å². The van der Waals surface area contributed by atoms with E-state index in [4.69, 9.17) is 14.6 Å². The molecule has 6 heteroatoms. The minimum atomic E-state index is -1.07. The van der Waals surface area contributed by atoms with Crippen molar-refractivity contribution in [1.29, 1.82) is 0 Å². The highest BCUT2D eigenvalue weighted by Crippen LogP contribution is 2.19. The van der Waals surface area contributed by atoms with Crippen LogP contribution in [0, 0.1) is 5.92 Å². The van der Waals surface area contributed by atoms with E-state index in [0.717, 1.165) is 0 Å². The molecular weight excluding hydrogens is 302 g/mol. The summed E-state index contributed by atoms with van der Waals surface area (Å²) >= 11 is 3.17. The van der Waals surface area contributed by atoms with Crippen molar-refractivity contribution in [3.05, 3.63) is 22.3 Å². The molecular formula is C12H16BrNO4. The Morgan fingerprint density at radius 1 is 1.50 bits per heavy atom. The van der Waals surface area contributed by atoms with Gasteiger partial charge in [-0.25, -0.2) is 9.78 Å². The number of rotatable bonds is 7. The average Bonchev–Trinajstić information content (AvgIpc) is 2.29. The number of carboxylic acids is 1. The van der Waals surface area contributed by atoms with Crippen LogP contribution in [0.3, 0.4) is 0 Å². The standard InChI is InChI=1S/C12H16BrNO4/c1-8(2)7-17-3-4-18-11-10(12(15)16)5-9(13)6-14-11/h5-6,8H,3-4,7H2,1-2H3,(H,15,16). The average molecular weight is 318 g/mol. The van der Waals surface area contributed by atoms with Crippen LogP contribution >= 0.6 is 15.9 Å². The van der Waals surface area contributed by atoms with Crippen LogP contribution in [0.2, 0.25) is 0 Å². The van der Waals surface area contributed by atoms with Crippen molar-refractivity contribution in [2.45, 2.75) is 13.8 Å². The molecule has 1 aromatic heterocycles. The summed E-state index contributed by atoms with van der Waals surface area (Å²) in [6, 6.07) is 1.46. The van der Waals surface area contributed by atoms with Gasteiger partial charge in [-0.1, -0.05) is 13.8 Å². The van der Waals surface area contributed by atoms with Gasteiger partial charge in [-0.2, -0.15) is 0 Å². The van der Waals surface area contributed by atoms with Gasteiger partial charge in [0.05, 0.1) is 6.61 Å². The summed E-state index contributed by atoms with van der Waals surface area (Å²) < 4.78 is 11.2. The van der Waals surface area contributed by atoms with Gasteiger partial charge in [-0.05, 0) is 27.9 Å². The van der Waals surface area contributed by atoms with Crippen LogP contribution in [-0.4, -0.2) is 35.9 Å². The number of halogens is 1. The van der Waals surface area contributed by atoms with E-state index in [-0.39, 0.29) is 18.1 Å². The van der Waals surface area contributed by atoms with E-state index in [1.54, 1.807) is 0 Å². The second kappa shape index (κ2) is 7.33. The number of pyridine rings is 1. The number of carbonyl (C=O) groups is 1. The maximum absolute atomic E-state index is 11.0. The third-order valence-electron chi connectivity index (χ3n) is 1.97. The minimum absolute atomic E-state index is 0.0354. The number of aromatic nitrogens is 1. The first-order chi connectivity index (χ1) is 8.50. The molecule has 0 unspecified atom stereocenters. The van der Waals surface area contributed by atoms with Crippen molar-refractivity contribution in [3.63, 3.8) is 0 Å². The quantitative estimate of drug-likeness (QED) is 0.783. The van der Waals surface area contributed by atoms with Crippen LogP contribution < -0.4 is 4.74 Å². The fourth-order valence-electron chi connectivity index (χ4n) is 1.21. The monoisotopic (exact) mass is 317 g/mol. The second-order valence-electron chi connectivity index (χ2n) is 4.13. The molecule has 1 aromatic rings. The van der Waals surface area contributed by atoms with Gasteiger partial charge in [0.2, 0.25) is 5.88 Å². The van der Waals surface area contributed by atoms with E-state index in [1.165, 1.54) is 12.3 Å². The third-order valence-corrected chi connectivity index (χ3v) is 2.40. The van der Waals surface area contributed by atoms with E-state index in [1.807, 2.05) is 0 Å². The third kappa shape index (κ3) is 5.01. The van der Waals surface area contributed by atoms with E-state index < -0.39 is 5.97 Å². The zero-order valence-electron chi connectivity index (χ0n) is 10.4. The van der Waals surface area contributed by atoms with Crippen molar-refractivity contribution in [3.8, 4) is 5.88 Å². The van der Waals surface area contributed by atoms with Gasteiger partial charge < -0.3 is 14.6 Å². The molecule has 1 heterocycles. The van der Waals surface area contributed by atoms with Crippen LogP contribution in [0.15, 0.2) is 16.7 Å². The van der Waals surface area contributed by atoms with Crippen LogP contribution in [-0.2, 0) is 4.74 Å². The van der Waals surface area contributed by atoms with E-state index in [9.17, 15) is 4.79 Å². The van der Waals surface area contributed by atoms with Gasteiger partial charge in [-0.15, -0.1) is 0 Å². The van der Waals surface area contributed by atoms with Crippen molar-refractivity contribution < 1.29 is 19.4 Å². The van der Waals surface area contributed by atoms with Gasteiger partial charge in [0.15, 0.2) is 0 Å². The summed E-state index contributed by atoms with van der Waals surface area (Å²) in [4.78, 5) is 14.9. The largest absolute Gasteiger partial charge is 0.477 e. The first kappa shape index (κ1) is 14.9. The molecule has 0 aliphatic carbocycles. The summed E-state index contributed by atoms with van der Waals surface area (Å²) in [5.41, 5.74) is 0.0354. The fraction of sp³-hybridized carbons (Fsp3) is 0.500. The molecule has 0 radical (unpaired) electrons. The summed E-state index contributed by atoms with van der Waals surface area (Å²) in [6.45, 7) is 5.46. The SMILES string of the molecule is CC(C)COCCOc1ncc(Br)cc1C(=O)O. The van der Waals surface area contributed by atoms with Gasteiger partial charge in [-0.3, -0.25) is 0 Å². The van der Waals surface area contributed by atoms with E-state index in [0.29, 0.717) is 23.6 Å². The van der Waals surface area contributed by atoms with Crippen molar-refractivity contribution in [2.75, 3.05) is 19.8 Å². The molecule has 0 saturated heterocycles. The Morgan fingerprint density at radius 2 is 2.22 bits per heavy atom. The first-order valence-corrected chi connectivity index (χ1v) is 6.39. The molecule has 0 aliphatic heterocycles. The van der Waals surface area contributed by atoms with Crippen molar-refractivity contribution in [1.82, 2.24) is 4.98 Å². The van der Waals surface area contributed by atoms with Gasteiger partial charge >= 0.3 is 5.97 Å². The number of ether oxygens (including phenoxy) is 2. The summed E-state index contributed by atoms with van der Waals surface area (Å²) in [5, 5.41) is 8.99. The lowest BCUT2D eigenvalue weighted by molar-refractivity contribution is 0.0673.